The second-order valence-electron chi connectivity index (χ2n) is 6.48. The molecule has 0 atom stereocenters. The van der Waals surface area contributed by atoms with Crippen molar-refractivity contribution in [1.29, 1.82) is 0 Å². The largest absolute Gasteiger partial charge is 0.379 e. The van der Waals surface area contributed by atoms with Gasteiger partial charge in [-0.2, -0.15) is 0 Å². The van der Waals surface area contributed by atoms with Gasteiger partial charge in [0, 0.05) is 42.5 Å². The molecule has 1 fully saturated rings. The van der Waals surface area contributed by atoms with Crippen LogP contribution in [0.5, 0.6) is 0 Å². The minimum Gasteiger partial charge on any atom is -0.379 e. The number of benzene rings is 1. The lowest BCUT2D eigenvalue weighted by molar-refractivity contribution is 0.0342. The molecule has 6 nitrogen and oxygen atoms in total. The Hall–Kier alpha value is -2.22. The number of nitrogens with one attached hydrogen (secondary N) is 1. The number of aromatic nitrogens is 2. The average molecular weight is 370 g/mol. The van der Waals surface area contributed by atoms with Crippen molar-refractivity contribution in [3.63, 3.8) is 0 Å². The molecule has 0 spiro atoms. The molecule has 7 heteroatoms. The molecule has 0 amide bonds. The lowest BCUT2D eigenvalue weighted by Gasteiger charge is -2.27. The van der Waals surface area contributed by atoms with Crippen molar-refractivity contribution in [2.45, 2.75) is 20.0 Å². The van der Waals surface area contributed by atoms with Crippen molar-refractivity contribution in [2.24, 2.45) is 0 Å². The number of hydrogen-bond acceptors (Lipinski definition) is 6. The van der Waals surface area contributed by atoms with Crippen LogP contribution in [0.15, 0.2) is 40.5 Å². The summed E-state index contributed by atoms with van der Waals surface area (Å²) in [5.74, 6) is 0. The van der Waals surface area contributed by atoms with Crippen molar-refractivity contribution in [3.8, 4) is 0 Å². The molecule has 1 aromatic carbocycles. The molecule has 0 radical (unpaired) electrons. The van der Waals surface area contributed by atoms with Gasteiger partial charge in [-0.3, -0.25) is 14.1 Å². The van der Waals surface area contributed by atoms with Gasteiger partial charge in [0.2, 0.25) is 0 Å². The monoisotopic (exact) mass is 370 g/mol. The highest BCUT2D eigenvalue weighted by Crippen LogP contribution is 2.19. The summed E-state index contributed by atoms with van der Waals surface area (Å²) in [5, 5.41) is 5.41. The molecule has 136 valence electrons. The predicted octanol–water partition coefficient (Wildman–Crippen LogP) is 2.51. The molecule has 0 unspecified atom stereocenters. The van der Waals surface area contributed by atoms with E-state index < -0.39 is 0 Å². The highest BCUT2D eigenvalue weighted by molar-refractivity contribution is 7.15. The highest BCUT2D eigenvalue weighted by Gasteiger charge is 2.13. The van der Waals surface area contributed by atoms with Gasteiger partial charge in [-0.1, -0.05) is 18.2 Å². The van der Waals surface area contributed by atoms with Crippen molar-refractivity contribution in [3.05, 3.63) is 63.0 Å². The van der Waals surface area contributed by atoms with Crippen LogP contribution in [0.4, 0.5) is 5.69 Å². The number of fused-ring (bicyclic) bond motifs is 1. The van der Waals surface area contributed by atoms with Gasteiger partial charge in [0.05, 0.1) is 25.5 Å². The van der Waals surface area contributed by atoms with E-state index in [2.05, 4.69) is 33.4 Å². The van der Waals surface area contributed by atoms with Gasteiger partial charge in [-0.15, -0.1) is 11.3 Å². The van der Waals surface area contributed by atoms with Gasteiger partial charge < -0.3 is 10.1 Å². The summed E-state index contributed by atoms with van der Waals surface area (Å²) in [5.41, 5.74) is 4.01. The van der Waals surface area contributed by atoms with Gasteiger partial charge >= 0.3 is 0 Å². The predicted molar refractivity (Wildman–Crippen MR) is 104 cm³/mol. The Labute approximate surface area is 156 Å². The van der Waals surface area contributed by atoms with E-state index in [1.165, 1.54) is 16.9 Å². The second kappa shape index (κ2) is 7.57. The molecule has 26 heavy (non-hydrogen) atoms. The molecule has 4 rings (SSSR count). The van der Waals surface area contributed by atoms with E-state index in [1.54, 1.807) is 10.5 Å². The zero-order valence-corrected chi connectivity index (χ0v) is 15.6. The maximum atomic E-state index is 12.3. The second-order valence-corrected chi connectivity index (χ2v) is 7.32. The van der Waals surface area contributed by atoms with E-state index in [0.717, 1.165) is 54.9 Å². The van der Waals surface area contributed by atoms with Crippen LogP contribution in [0, 0.1) is 6.92 Å². The van der Waals surface area contributed by atoms with Crippen LogP contribution in [-0.2, 0) is 17.8 Å². The summed E-state index contributed by atoms with van der Waals surface area (Å²) in [7, 11) is 0. The van der Waals surface area contributed by atoms with E-state index in [0.29, 0.717) is 6.54 Å². The first kappa shape index (κ1) is 17.2. The zero-order valence-electron chi connectivity index (χ0n) is 14.8. The van der Waals surface area contributed by atoms with Gasteiger partial charge in [-0.25, -0.2) is 4.98 Å². The maximum Gasteiger partial charge on any atom is 0.259 e. The third-order valence-corrected chi connectivity index (χ3v) is 5.55. The Morgan fingerprint density at radius 3 is 2.92 bits per heavy atom. The Kier molecular flexibility index (Phi) is 5.01. The lowest BCUT2D eigenvalue weighted by Crippen LogP contribution is -2.35. The number of morpholine rings is 1. The number of ether oxygens (including phenoxy) is 1. The SMILES string of the molecule is Cc1csc2nc(CNc3ccccc3CN3CCOCC3)cc(=O)n12. The van der Waals surface area contributed by atoms with Gasteiger partial charge in [0.25, 0.3) is 5.56 Å². The van der Waals surface area contributed by atoms with Gasteiger partial charge in [0.15, 0.2) is 4.96 Å². The Balaban J connectivity index is 1.50. The van der Waals surface area contributed by atoms with E-state index in [9.17, 15) is 4.79 Å². The molecule has 0 aliphatic carbocycles. The summed E-state index contributed by atoms with van der Waals surface area (Å²) < 4.78 is 7.08. The summed E-state index contributed by atoms with van der Waals surface area (Å²) >= 11 is 1.50. The number of hydrogen-bond donors (Lipinski definition) is 1. The third-order valence-electron chi connectivity index (χ3n) is 4.60. The van der Waals surface area contributed by atoms with Crippen LogP contribution in [0.2, 0.25) is 0 Å². The van der Waals surface area contributed by atoms with Crippen LogP contribution in [0.1, 0.15) is 17.0 Å². The molecule has 2 aromatic heterocycles. The molecule has 0 bridgehead atoms. The molecular formula is C19H22N4O2S. The molecular weight excluding hydrogens is 348 g/mol. The zero-order chi connectivity index (χ0) is 17.9. The normalized spacial score (nSPS) is 15.4. The highest BCUT2D eigenvalue weighted by atomic mass is 32.1. The number of aryl methyl sites for hydroxylation is 1. The number of thiazole rings is 1. The number of anilines is 1. The van der Waals surface area contributed by atoms with Crippen LogP contribution in [0.25, 0.3) is 4.96 Å². The van der Waals surface area contributed by atoms with Crippen molar-refractivity contribution >= 4 is 22.0 Å². The van der Waals surface area contributed by atoms with Crippen molar-refractivity contribution in [1.82, 2.24) is 14.3 Å². The van der Waals surface area contributed by atoms with Crippen LogP contribution in [-0.4, -0.2) is 40.6 Å². The van der Waals surface area contributed by atoms with Crippen LogP contribution >= 0.6 is 11.3 Å². The molecule has 1 saturated heterocycles. The Morgan fingerprint density at radius 1 is 1.27 bits per heavy atom. The van der Waals surface area contributed by atoms with E-state index in [1.807, 2.05) is 18.4 Å². The van der Waals surface area contributed by atoms with Crippen LogP contribution < -0.4 is 10.9 Å². The number of rotatable bonds is 5. The third kappa shape index (κ3) is 3.65. The average Bonchev–Trinajstić information content (AvgIpc) is 3.03. The first-order valence-electron chi connectivity index (χ1n) is 8.79. The summed E-state index contributed by atoms with van der Waals surface area (Å²) in [6, 6.07) is 9.93. The van der Waals surface area contributed by atoms with Crippen molar-refractivity contribution in [2.75, 3.05) is 31.6 Å². The summed E-state index contributed by atoms with van der Waals surface area (Å²) in [4.78, 5) is 20.1. The molecule has 0 saturated carbocycles. The minimum atomic E-state index is -0.0212. The Morgan fingerprint density at radius 2 is 2.08 bits per heavy atom. The molecule has 1 aliphatic heterocycles. The van der Waals surface area contributed by atoms with Crippen LogP contribution in [0.3, 0.4) is 0 Å². The van der Waals surface area contributed by atoms with E-state index >= 15 is 0 Å². The van der Waals surface area contributed by atoms with E-state index in [4.69, 9.17) is 4.74 Å². The lowest BCUT2D eigenvalue weighted by atomic mass is 10.1. The minimum absolute atomic E-state index is 0.0212. The summed E-state index contributed by atoms with van der Waals surface area (Å²) in [6.07, 6.45) is 0. The first-order valence-corrected chi connectivity index (χ1v) is 9.67. The molecule has 1 N–H and O–H groups in total. The fraction of sp³-hybridized carbons (Fsp3) is 0.368. The topological polar surface area (TPSA) is 58.9 Å². The summed E-state index contributed by atoms with van der Waals surface area (Å²) in [6.45, 7) is 6.86. The number of para-hydroxylation sites is 1. The molecule has 3 aromatic rings. The fourth-order valence-corrected chi connectivity index (χ4v) is 4.10. The quantitative estimate of drug-likeness (QED) is 0.748. The maximum absolute atomic E-state index is 12.3. The number of nitrogens with zero attached hydrogens (tertiary/aromatic N) is 3. The smallest absolute Gasteiger partial charge is 0.259 e. The standard InChI is InChI=1S/C19H22N4O2S/c1-14-13-26-19-21-16(10-18(24)23(14)19)11-20-17-5-3-2-4-15(17)12-22-6-8-25-9-7-22/h2-5,10,13,20H,6-9,11-12H2,1H3. The molecule has 3 heterocycles. The van der Waals surface area contributed by atoms with Gasteiger partial charge in [0.1, 0.15) is 0 Å². The van der Waals surface area contributed by atoms with Crippen molar-refractivity contribution < 1.29 is 4.74 Å². The van der Waals surface area contributed by atoms with E-state index in [-0.39, 0.29) is 5.56 Å². The fourth-order valence-electron chi connectivity index (χ4n) is 3.21. The Bertz CT molecular complexity index is 960. The first-order chi connectivity index (χ1) is 12.7. The van der Waals surface area contributed by atoms with Gasteiger partial charge in [-0.05, 0) is 18.6 Å². The molecule has 1 aliphatic rings.